The second-order valence-electron chi connectivity index (χ2n) is 3.48. The number of ether oxygens (including phenoxy) is 2. The standard InChI is InChI=1S/C12H22O3/c1-4-6-8-14-11(3)10-12(13)15-9-7-5-2/h10H,4-9H2,1-3H3/b11-10-. The summed E-state index contributed by atoms with van der Waals surface area (Å²) in [5.74, 6) is 0.322. The van der Waals surface area contributed by atoms with Crippen LogP contribution in [0.4, 0.5) is 0 Å². The maximum absolute atomic E-state index is 11.2. The Balaban J connectivity index is 3.65. The Morgan fingerprint density at radius 3 is 2.13 bits per heavy atom. The van der Waals surface area contributed by atoms with Crippen molar-refractivity contribution in [1.29, 1.82) is 0 Å². The molecule has 0 fully saturated rings. The Kier molecular flexibility index (Phi) is 8.93. The molecule has 3 heteroatoms. The Morgan fingerprint density at radius 1 is 1.07 bits per heavy atom. The largest absolute Gasteiger partial charge is 0.498 e. The minimum absolute atomic E-state index is 0.308. The van der Waals surface area contributed by atoms with Gasteiger partial charge in [0.1, 0.15) is 5.76 Å². The van der Waals surface area contributed by atoms with Crippen LogP contribution >= 0.6 is 0 Å². The van der Waals surface area contributed by atoms with Gasteiger partial charge in [0.25, 0.3) is 0 Å². The summed E-state index contributed by atoms with van der Waals surface area (Å²) in [6.45, 7) is 7.09. The lowest BCUT2D eigenvalue weighted by Crippen LogP contribution is -2.04. The summed E-state index contributed by atoms with van der Waals surface area (Å²) in [6.07, 6.45) is 5.45. The van der Waals surface area contributed by atoms with Gasteiger partial charge in [-0.15, -0.1) is 0 Å². The van der Waals surface area contributed by atoms with Crippen molar-refractivity contribution in [3.8, 4) is 0 Å². The Labute approximate surface area is 92.5 Å². The van der Waals surface area contributed by atoms with E-state index in [1.54, 1.807) is 6.92 Å². The van der Waals surface area contributed by atoms with Crippen LogP contribution in [-0.2, 0) is 14.3 Å². The van der Waals surface area contributed by atoms with Gasteiger partial charge in [-0.2, -0.15) is 0 Å². The Hall–Kier alpha value is -0.990. The summed E-state index contributed by atoms with van der Waals surface area (Å²) in [5.41, 5.74) is 0. The average molecular weight is 214 g/mol. The van der Waals surface area contributed by atoms with Crippen molar-refractivity contribution in [3.63, 3.8) is 0 Å². The third-order valence-corrected chi connectivity index (χ3v) is 1.89. The highest BCUT2D eigenvalue weighted by atomic mass is 16.5. The molecule has 0 N–H and O–H groups in total. The quantitative estimate of drug-likeness (QED) is 0.269. The molecule has 0 atom stereocenters. The van der Waals surface area contributed by atoms with E-state index in [2.05, 4.69) is 13.8 Å². The third-order valence-electron chi connectivity index (χ3n) is 1.89. The highest BCUT2D eigenvalue weighted by Gasteiger charge is 1.99. The highest BCUT2D eigenvalue weighted by Crippen LogP contribution is 1.99. The van der Waals surface area contributed by atoms with Crippen LogP contribution < -0.4 is 0 Å². The van der Waals surface area contributed by atoms with Crippen molar-refractivity contribution in [2.24, 2.45) is 0 Å². The van der Waals surface area contributed by atoms with Crippen molar-refractivity contribution in [2.45, 2.75) is 46.5 Å². The van der Waals surface area contributed by atoms with E-state index in [9.17, 15) is 4.79 Å². The molecule has 15 heavy (non-hydrogen) atoms. The van der Waals surface area contributed by atoms with Gasteiger partial charge in [0, 0.05) is 0 Å². The summed E-state index contributed by atoms with van der Waals surface area (Å²) in [7, 11) is 0. The number of allylic oxidation sites excluding steroid dienone is 1. The molecule has 0 heterocycles. The molecule has 0 unspecified atom stereocenters. The van der Waals surface area contributed by atoms with Crippen molar-refractivity contribution >= 4 is 5.97 Å². The fourth-order valence-corrected chi connectivity index (χ4v) is 0.944. The fourth-order valence-electron chi connectivity index (χ4n) is 0.944. The maximum Gasteiger partial charge on any atom is 0.334 e. The van der Waals surface area contributed by atoms with E-state index in [0.717, 1.165) is 25.7 Å². The van der Waals surface area contributed by atoms with Crippen LogP contribution in [0.1, 0.15) is 46.5 Å². The SMILES string of the molecule is CCCCOC(=O)/C=C(/C)OCCCC. The van der Waals surface area contributed by atoms with E-state index in [1.165, 1.54) is 6.08 Å². The first-order valence-electron chi connectivity index (χ1n) is 5.68. The van der Waals surface area contributed by atoms with E-state index in [-0.39, 0.29) is 5.97 Å². The molecule has 0 radical (unpaired) electrons. The summed E-state index contributed by atoms with van der Waals surface area (Å²) in [4.78, 5) is 11.2. The van der Waals surface area contributed by atoms with E-state index in [0.29, 0.717) is 19.0 Å². The van der Waals surface area contributed by atoms with Gasteiger partial charge >= 0.3 is 5.97 Å². The molecule has 0 rings (SSSR count). The van der Waals surface area contributed by atoms with Gasteiger partial charge in [0.15, 0.2) is 0 Å². The number of hydrogen-bond donors (Lipinski definition) is 0. The maximum atomic E-state index is 11.2. The van der Waals surface area contributed by atoms with Gasteiger partial charge in [-0.05, 0) is 19.8 Å². The highest BCUT2D eigenvalue weighted by molar-refractivity contribution is 5.82. The molecule has 0 aliphatic heterocycles. The molecular formula is C12H22O3. The zero-order valence-corrected chi connectivity index (χ0v) is 10.0. The Morgan fingerprint density at radius 2 is 1.60 bits per heavy atom. The predicted octanol–water partition coefficient (Wildman–Crippen LogP) is 3.05. The molecule has 0 bridgehead atoms. The average Bonchev–Trinajstić information content (AvgIpc) is 2.18. The molecule has 0 saturated heterocycles. The molecule has 0 spiro atoms. The van der Waals surface area contributed by atoms with Gasteiger partial charge in [0.2, 0.25) is 0 Å². The molecule has 0 aliphatic carbocycles. The minimum atomic E-state index is -0.308. The smallest absolute Gasteiger partial charge is 0.334 e. The summed E-state index contributed by atoms with van der Waals surface area (Å²) >= 11 is 0. The molecule has 0 aromatic carbocycles. The van der Waals surface area contributed by atoms with Crippen LogP contribution in [-0.4, -0.2) is 19.2 Å². The van der Waals surface area contributed by atoms with Gasteiger partial charge < -0.3 is 9.47 Å². The van der Waals surface area contributed by atoms with Crippen molar-refractivity contribution in [2.75, 3.05) is 13.2 Å². The second-order valence-corrected chi connectivity index (χ2v) is 3.48. The van der Waals surface area contributed by atoms with Crippen LogP contribution in [0.2, 0.25) is 0 Å². The van der Waals surface area contributed by atoms with E-state index in [1.807, 2.05) is 0 Å². The second kappa shape index (κ2) is 9.56. The van der Waals surface area contributed by atoms with Crippen molar-refractivity contribution in [3.05, 3.63) is 11.8 Å². The van der Waals surface area contributed by atoms with Crippen molar-refractivity contribution in [1.82, 2.24) is 0 Å². The summed E-state index contributed by atoms with van der Waals surface area (Å²) in [5, 5.41) is 0. The first-order valence-corrected chi connectivity index (χ1v) is 5.68. The molecule has 0 aromatic heterocycles. The predicted molar refractivity (Wildman–Crippen MR) is 60.5 cm³/mol. The summed E-state index contributed by atoms with van der Waals surface area (Å²) in [6, 6.07) is 0. The van der Waals surface area contributed by atoms with Gasteiger partial charge in [0.05, 0.1) is 19.3 Å². The van der Waals surface area contributed by atoms with Crippen molar-refractivity contribution < 1.29 is 14.3 Å². The number of esters is 1. The number of carbonyl (C=O) groups excluding carboxylic acids is 1. The Bertz CT molecular complexity index is 197. The molecule has 0 amide bonds. The zero-order valence-electron chi connectivity index (χ0n) is 10.0. The third kappa shape index (κ3) is 9.32. The molecule has 0 aliphatic rings. The first-order chi connectivity index (χ1) is 7.20. The van der Waals surface area contributed by atoms with Crippen LogP contribution in [0.15, 0.2) is 11.8 Å². The molecular weight excluding hydrogens is 192 g/mol. The van der Waals surface area contributed by atoms with Crippen LogP contribution in [0.25, 0.3) is 0 Å². The molecule has 0 saturated carbocycles. The van der Waals surface area contributed by atoms with Gasteiger partial charge in [-0.3, -0.25) is 0 Å². The van der Waals surface area contributed by atoms with Crippen LogP contribution in [0.3, 0.4) is 0 Å². The first kappa shape index (κ1) is 14.0. The van der Waals surface area contributed by atoms with Gasteiger partial charge in [-0.25, -0.2) is 4.79 Å². The molecule has 88 valence electrons. The lowest BCUT2D eigenvalue weighted by atomic mass is 10.3. The minimum Gasteiger partial charge on any atom is -0.498 e. The molecule has 3 nitrogen and oxygen atoms in total. The fraction of sp³-hybridized carbons (Fsp3) is 0.750. The topological polar surface area (TPSA) is 35.5 Å². The summed E-state index contributed by atoms with van der Waals surface area (Å²) < 4.78 is 10.3. The van der Waals surface area contributed by atoms with E-state index < -0.39 is 0 Å². The zero-order chi connectivity index (χ0) is 11.5. The lowest BCUT2D eigenvalue weighted by Gasteiger charge is -2.05. The normalized spacial score (nSPS) is 11.3. The van der Waals surface area contributed by atoms with Gasteiger partial charge in [-0.1, -0.05) is 26.7 Å². The monoisotopic (exact) mass is 214 g/mol. The van der Waals surface area contributed by atoms with Crippen LogP contribution in [0.5, 0.6) is 0 Å². The molecule has 0 aromatic rings. The lowest BCUT2D eigenvalue weighted by molar-refractivity contribution is -0.138. The van der Waals surface area contributed by atoms with E-state index >= 15 is 0 Å². The number of carbonyl (C=O) groups is 1. The van der Waals surface area contributed by atoms with Crippen LogP contribution in [0, 0.1) is 0 Å². The van der Waals surface area contributed by atoms with E-state index in [4.69, 9.17) is 9.47 Å². The number of unbranched alkanes of at least 4 members (excludes halogenated alkanes) is 2. The number of rotatable bonds is 8. The number of hydrogen-bond acceptors (Lipinski definition) is 3.